The Hall–Kier alpha value is -1.88. The highest BCUT2D eigenvalue weighted by Gasteiger charge is 2.18. The van der Waals surface area contributed by atoms with Gasteiger partial charge in [-0.15, -0.1) is 0 Å². The average Bonchev–Trinajstić information content (AvgIpc) is 2.37. The molecule has 1 aromatic rings. The topological polar surface area (TPSA) is 61.4 Å². The van der Waals surface area contributed by atoms with E-state index in [1.807, 2.05) is 26.0 Å². The minimum atomic E-state index is -0.428. The molecule has 0 unspecified atom stereocenters. The first-order valence-electron chi connectivity index (χ1n) is 6.94. The van der Waals surface area contributed by atoms with E-state index in [0.29, 0.717) is 0 Å². The first-order chi connectivity index (χ1) is 9.54. The maximum atomic E-state index is 11.8. The van der Waals surface area contributed by atoms with Crippen LogP contribution in [0.1, 0.15) is 25.0 Å². The van der Waals surface area contributed by atoms with Gasteiger partial charge in [0.05, 0.1) is 6.54 Å². The third-order valence-corrected chi connectivity index (χ3v) is 3.25. The number of imide groups is 1. The number of hydrogen-bond donors (Lipinski definition) is 2. The van der Waals surface area contributed by atoms with Crippen LogP contribution in [0.2, 0.25) is 0 Å². The molecule has 0 atom stereocenters. The lowest BCUT2D eigenvalue weighted by molar-refractivity contribution is -0.121. The molecule has 0 saturated heterocycles. The van der Waals surface area contributed by atoms with E-state index in [9.17, 15) is 9.59 Å². The highest BCUT2D eigenvalue weighted by molar-refractivity contribution is 5.95. The normalized spacial score (nSPS) is 14.8. The van der Waals surface area contributed by atoms with E-state index >= 15 is 0 Å². The predicted octanol–water partition coefficient (Wildman–Crippen LogP) is 1.28. The molecule has 1 heterocycles. The van der Waals surface area contributed by atoms with E-state index in [0.717, 1.165) is 19.5 Å². The molecule has 0 saturated carbocycles. The molecular formula is C15H21N3O2. The Balaban J connectivity index is 1.83. The lowest BCUT2D eigenvalue weighted by atomic mass is 10.00. The number of nitrogens with one attached hydrogen (secondary N) is 2. The molecular weight excluding hydrogens is 254 g/mol. The number of nitrogens with zero attached hydrogens (tertiary/aromatic N) is 1. The molecule has 3 amide bonds. The minimum Gasteiger partial charge on any atom is -0.336 e. The van der Waals surface area contributed by atoms with E-state index in [-0.39, 0.29) is 18.5 Å². The molecule has 1 aliphatic heterocycles. The summed E-state index contributed by atoms with van der Waals surface area (Å²) >= 11 is 0. The third-order valence-electron chi connectivity index (χ3n) is 3.25. The van der Waals surface area contributed by atoms with Crippen LogP contribution in [0.3, 0.4) is 0 Å². The third kappa shape index (κ3) is 4.06. The zero-order valence-electron chi connectivity index (χ0n) is 12.0. The molecule has 0 aromatic heterocycles. The molecule has 2 N–H and O–H groups in total. The molecule has 5 heteroatoms. The SMILES string of the molecule is CC(C)NC(=O)NC(=O)CN1CCc2ccccc2C1. The maximum Gasteiger partial charge on any atom is 0.321 e. The van der Waals surface area contributed by atoms with Crippen molar-refractivity contribution in [1.29, 1.82) is 0 Å². The number of rotatable bonds is 3. The van der Waals surface area contributed by atoms with Gasteiger partial charge in [0, 0.05) is 19.1 Å². The number of amides is 3. The highest BCUT2D eigenvalue weighted by Crippen LogP contribution is 2.17. The van der Waals surface area contributed by atoms with Crippen LogP contribution in [-0.4, -0.2) is 36.0 Å². The standard InChI is InChI=1S/C15H21N3O2/c1-11(2)16-15(20)17-14(19)10-18-8-7-12-5-3-4-6-13(12)9-18/h3-6,11H,7-10H2,1-2H3,(H2,16,17,19,20). The summed E-state index contributed by atoms with van der Waals surface area (Å²) in [5.74, 6) is -0.262. The van der Waals surface area contributed by atoms with Crippen molar-refractivity contribution in [3.05, 3.63) is 35.4 Å². The molecule has 20 heavy (non-hydrogen) atoms. The zero-order chi connectivity index (χ0) is 14.5. The molecule has 108 valence electrons. The fourth-order valence-corrected chi connectivity index (χ4v) is 2.36. The van der Waals surface area contributed by atoms with Crippen LogP contribution >= 0.6 is 0 Å². The largest absolute Gasteiger partial charge is 0.336 e. The Bertz CT molecular complexity index is 500. The molecule has 0 aliphatic carbocycles. The van der Waals surface area contributed by atoms with Crippen molar-refractivity contribution in [3.8, 4) is 0 Å². The fraction of sp³-hybridized carbons (Fsp3) is 0.467. The van der Waals surface area contributed by atoms with Gasteiger partial charge in [0.1, 0.15) is 0 Å². The first kappa shape index (κ1) is 14.5. The van der Waals surface area contributed by atoms with Crippen LogP contribution in [0.5, 0.6) is 0 Å². The van der Waals surface area contributed by atoms with Crippen LogP contribution in [0.25, 0.3) is 0 Å². The second-order valence-electron chi connectivity index (χ2n) is 5.41. The number of carbonyl (C=O) groups is 2. The molecule has 5 nitrogen and oxygen atoms in total. The van der Waals surface area contributed by atoms with Crippen LogP contribution in [0.15, 0.2) is 24.3 Å². The van der Waals surface area contributed by atoms with Crippen molar-refractivity contribution >= 4 is 11.9 Å². The molecule has 1 aromatic carbocycles. The van der Waals surface area contributed by atoms with Gasteiger partial charge >= 0.3 is 6.03 Å². The number of urea groups is 1. The summed E-state index contributed by atoms with van der Waals surface area (Å²) in [7, 11) is 0. The van der Waals surface area contributed by atoms with Crippen molar-refractivity contribution in [2.24, 2.45) is 0 Å². The van der Waals surface area contributed by atoms with Gasteiger partial charge in [-0.3, -0.25) is 15.0 Å². The van der Waals surface area contributed by atoms with Crippen molar-refractivity contribution in [2.75, 3.05) is 13.1 Å². The average molecular weight is 275 g/mol. The zero-order valence-corrected chi connectivity index (χ0v) is 12.0. The summed E-state index contributed by atoms with van der Waals surface area (Å²) in [5.41, 5.74) is 2.61. The van der Waals surface area contributed by atoms with E-state index < -0.39 is 6.03 Å². The second-order valence-corrected chi connectivity index (χ2v) is 5.41. The van der Waals surface area contributed by atoms with Gasteiger partial charge in [-0.2, -0.15) is 0 Å². The first-order valence-corrected chi connectivity index (χ1v) is 6.94. The van der Waals surface area contributed by atoms with Crippen LogP contribution in [-0.2, 0) is 17.8 Å². The van der Waals surface area contributed by atoms with Gasteiger partial charge in [-0.1, -0.05) is 24.3 Å². The van der Waals surface area contributed by atoms with E-state index in [1.54, 1.807) is 0 Å². The van der Waals surface area contributed by atoms with Gasteiger partial charge in [-0.25, -0.2) is 4.79 Å². The van der Waals surface area contributed by atoms with Gasteiger partial charge < -0.3 is 5.32 Å². The lowest BCUT2D eigenvalue weighted by Gasteiger charge is -2.27. The van der Waals surface area contributed by atoms with Gasteiger partial charge in [0.2, 0.25) is 5.91 Å². The molecule has 1 aliphatic rings. The Labute approximate surface area is 119 Å². The molecule has 0 spiro atoms. The summed E-state index contributed by atoms with van der Waals surface area (Å²) in [4.78, 5) is 25.3. The molecule has 0 radical (unpaired) electrons. The second kappa shape index (κ2) is 6.52. The van der Waals surface area contributed by atoms with Crippen molar-refractivity contribution in [3.63, 3.8) is 0 Å². The summed E-state index contributed by atoms with van der Waals surface area (Å²) in [6.07, 6.45) is 0.946. The number of hydrogen-bond acceptors (Lipinski definition) is 3. The fourth-order valence-electron chi connectivity index (χ4n) is 2.36. The monoisotopic (exact) mass is 275 g/mol. The summed E-state index contributed by atoms with van der Waals surface area (Å²) in [5, 5.41) is 4.99. The smallest absolute Gasteiger partial charge is 0.321 e. The predicted molar refractivity (Wildman–Crippen MR) is 77.2 cm³/mol. The van der Waals surface area contributed by atoms with E-state index in [4.69, 9.17) is 0 Å². The number of carbonyl (C=O) groups excluding carboxylic acids is 2. The van der Waals surface area contributed by atoms with E-state index in [2.05, 4.69) is 27.7 Å². The highest BCUT2D eigenvalue weighted by atomic mass is 16.2. The van der Waals surface area contributed by atoms with Gasteiger partial charge in [0.15, 0.2) is 0 Å². The van der Waals surface area contributed by atoms with Crippen molar-refractivity contribution in [1.82, 2.24) is 15.5 Å². The molecule has 0 bridgehead atoms. The summed E-state index contributed by atoms with van der Waals surface area (Å²) in [6, 6.07) is 7.86. The molecule has 2 rings (SSSR count). The Morgan fingerprint density at radius 2 is 1.95 bits per heavy atom. The molecule has 0 fully saturated rings. The summed E-state index contributed by atoms with van der Waals surface area (Å²) in [6.45, 7) is 5.56. The van der Waals surface area contributed by atoms with Crippen molar-refractivity contribution < 1.29 is 9.59 Å². The van der Waals surface area contributed by atoms with Crippen molar-refractivity contribution in [2.45, 2.75) is 32.9 Å². The lowest BCUT2D eigenvalue weighted by Crippen LogP contribution is -2.47. The quantitative estimate of drug-likeness (QED) is 0.873. The van der Waals surface area contributed by atoms with Gasteiger partial charge in [0.25, 0.3) is 0 Å². The minimum absolute atomic E-state index is 0.0182. The summed E-state index contributed by atoms with van der Waals surface area (Å²) < 4.78 is 0. The maximum absolute atomic E-state index is 11.8. The van der Waals surface area contributed by atoms with Crippen LogP contribution in [0.4, 0.5) is 4.79 Å². The Morgan fingerprint density at radius 3 is 2.65 bits per heavy atom. The Kier molecular flexibility index (Phi) is 4.74. The van der Waals surface area contributed by atoms with Gasteiger partial charge in [-0.05, 0) is 31.4 Å². The van der Waals surface area contributed by atoms with E-state index in [1.165, 1.54) is 11.1 Å². The van der Waals surface area contributed by atoms with Crippen LogP contribution in [0, 0.1) is 0 Å². The number of fused-ring (bicyclic) bond motifs is 1. The van der Waals surface area contributed by atoms with Crippen LogP contribution < -0.4 is 10.6 Å². The Morgan fingerprint density at radius 1 is 1.25 bits per heavy atom. The number of benzene rings is 1.